The molecule has 0 aliphatic carbocycles. The minimum atomic E-state index is -1.65. The standard InChI is InChI=1S/C20H20N2O4S2/c1-15-6-10-19(11-7-15)27(23)25-21-17-4-3-5-18(14-17)22-26-28(24)20-12-8-16(2)9-13-20/h3-14,21-22H,1-2H3/t27-,28-/m0/s1. The second-order valence-electron chi connectivity index (χ2n) is 6.05. The highest BCUT2D eigenvalue weighted by Gasteiger charge is 2.07. The second-order valence-corrected chi connectivity index (χ2v) is 8.26. The van der Waals surface area contributed by atoms with Crippen molar-refractivity contribution in [1.82, 2.24) is 0 Å². The number of nitrogens with one attached hydrogen (secondary N) is 2. The minimum absolute atomic E-state index is 0.559. The Balaban J connectivity index is 1.54. The van der Waals surface area contributed by atoms with Gasteiger partial charge in [-0.1, -0.05) is 41.5 Å². The van der Waals surface area contributed by atoms with E-state index in [2.05, 4.69) is 11.0 Å². The maximum absolute atomic E-state index is 12.2. The average molecular weight is 417 g/mol. The summed E-state index contributed by atoms with van der Waals surface area (Å²) >= 11 is -3.30. The Morgan fingerprint density at radius 1 is 0.643 bits per heavy atom. The zero-order chi connectivity index (χ0) is 19.9. The van der Waals surface area contributed by atoms with E-state index < -0.39 is 22.2 Å². The van der Waals surface area contributed by atoms with E-state index in [1.54, 1.807) is 48.5 Å². The van der Waals surface area contributed by atoms with Crippen LogP contribution in [-0.2, 0) is 30.7 Å². The topological polar surface area (TPSA) is 76.7 Å². The molecule has 8 heteroatoms. The Labute approximate surface area is 169 Å². The lowest BCUT2D eigenvalue weighted by Crippen LogP contribution is -2.07. The number of aryl methyl sites for hydroxylation is 2. The molecule has 2 atom stereocenters. The zero-order valence-electron chi connectivity index (χ0n) is 15.4. The third-order valence-corrected chi connectivity index (χ3v) is 5.54. The van der Waals surface area contributed by atoms with Crippen molar-refractivity contribution in [3.63, 3.8) is 0 Å². The van der Waals surface area contributed by atoms with Gasteiger partial charge in [-0.25, -0.2) is 8.42 Å². The third kappa shape index (κ3) is 5.74. The lowest BCUT2D eigenvalue weighted by molar-refractivity contribution is 0.433. The molecule has 0 radical (unpaired) electrons. The number of hydrogen-bond acceptors (Lipinski definition) is 6. The van der Waals surface area contributed by atoms with Gasteiger partial charge >= 0.3 is 0 Å². The number of anilines is 2. The average Bonchev–Trinajstić information content (AvgIpc) is 2.71. The summed E-state index contributed by atoms with van der Waals surface area (Å²) in [6, 6.07) is 21.4. The monoisotopic (exact) mass is 416 g/mol. The minimum Gasteiger partial charge on any atom is -0.251 e. The molecular weight excluding hydrogens is 396 g/mol. The van der Waals surface area contributed by atoms with Crippen LogP contribution in [0.5, 0.6) is 0 Å². The highest BCUT2D eigenvalue weighted by molar-refractivity contribution is 7.80. The Bertz CT molecular complexity index is 900. The van der Waals surface area contributed by atoms with Crippen molar-refractivity contribution in [3.8, 4) is 0 Å². The van der Waals surface area contributed by atoms with Gasteiger partial charge in [0.15, 0.2) is 0 Å². The van der Waals surface area contributed by atoms with Crippen LogP contribution in [0.1, 0.15) is 11.1 Å². The molecule has 0 fully saturated rings. The molecule has 0 aliphatic heterocycles. The van der Waals surface area contributed by atoms with E-state index >= 15 is 0 Å². The fourth-order valence-corrected chi connectivity index (χ4v) is 3.47. The zero-order valence-corrected chi connectivity index (χ0v) is 17.0. The van der Waals surface area contributed by atoms with Crippen molar-refractivity contribution in [2.24, 2.45) is 0 Å². The van der Waals surface area contributed by atoms with Gasteiger partial charge in [0, 0.05) is 0 Å². The molecule has 0 aromatic heterocycles. The van der Waals surface area contributed by atoms with Crippen LogP contribution in [0.2, 0.25) is 0 Å². The summed E-state index contributed by atoms with van der Waals surface area (Å²) in [5.41, 5.74) is 8.59. The Kier molecular flexibility index (Phi) is 6.94. The van der Waals surface area contributed by atoms with Crippen molar-refractivity contribution in [1.29, 1.82) is 0 Å². The predicted molar refractivity (Wildman–Crippen MR) is 111 cm³/mol. The molecule has 0 saturated carbocycles. The van der Waals surface area contributed by atoms with Gasteiger partial charge in [-0.3, -0.25) is 11.0 Å². The Hall–Kier alpha value is -2.52. The molecule has 0 unspecified atom stereocenters. The highest BCUT2D eigenvalue weighted by atomic mass is 32.2. The summed E-state index contributed by atoms with van der Waals surface area (Å²) in [6.07, 6.45) is 0. The SMILES string of the molecule is Cc1ccc([S@@](=O)ONc2cccc(NO[S@](=O)c3ccc(C)cc3)c2)cc1. The summed E-state index contributed by atoms with van der Waals surface area (Å²) in [5.74, 6) is 0. The number of benzene rings is 3. The van der Waals surface area contributed by atoms with Crippen LogP contribution in [0.4, 0.5) is 11.4 Å². The molecule has 0 spiro atoms. The van der Waals surface area contributed by atoms with E-state index in [9.17, 15) is 8.42 Å². The molecule has 0 saturated heterocycles. The van der Waals surface area contributed by atoms with E-state index in [-0.39, 0.29) is 0 Å². The first-order valence-electron chi connectivity index (χ1n) is 8.45. The molecule has 2 N–H and O–H groups in total. The van der Waals surface area contributed by atoms with Gasteiger partial charge in [0.25, 0.3) is 0 Å². The first kappa shape index (κ1) is 20.2. The van der Waals surface area contributed by atoms with Crippen LogP contribution in [0, 0.1) is 13.8 Å². The normalized spacial score (nSPS) is 12.9. The van der Waals surface area contributed by atoms with Gasteiger partial charge in [0.1, 0.15) is 0 Å². The van der Waals surface area contributed by atoms with Crippen LogP contribution >= 0.6 is 0 Å². The number of hydrogen-bond donors (Lipinski definition) is 2. The molecule has 0 amide bonds. The molecule has 0 bridgehead atoms. The van der Waals surface area contributed by atoms with E-state index in [4.69, 9.17) is 8.57 Å². The van der Waals surface area contributed by atoms with Crippen LogP contribution in [0.25, 0.3) is 0 Å². The van der Waals surface area contributed by atoms with Crippen LogP contribution < -0.4 is 11.0 Å². The summed E-state index contributed by atoms with van der Waals surface area (Å²) < 4.78 is 34.7. The summed E-state index contributed by atoms with van der Waals surface area (Å²) in [6.45, 7) is 3.91. The third-order valence-electron chi connectivity index (χ3n) is 3.76. The summed E-state index contributed by atoms with van der Waals surface area (Å²) in [7, 11) is 0. The molecule has 3 rings (SSSR count). The van der Waals surface area contributed by atoms with Crippen molar-refractivity contribution >= 4 is 33.5 Å². The van der Waals surface area contributed by atoms with Crippen LogP contribution in [-0.4, -0.2) is 8.42 Å². The van der Waals surface area contributed by atoms with Gasteiger partial charge in [0.05, 0.1) is 21.2 Å². The molecule has 3 aromatic rings. The largest absolute Gasteiger partial charge is 0.251 e. The van der Waals surface area contributed by atoms with E-state index in [0.29, 0.717) is 21.2 Å². The maximum Gasteiger partial charge on any atom is 0.212 e. The first-order valence-corrected chi connectivity index (χ1v) is 10.6. The predicted octanol–water partition coefficient (Wildman–Crippen LogP) is 4.44. The number of rotatable bonds is 8. The van der Waals surface area contributed by atoms with Gasteiger partial charge in [-0.2, -0.15) is 8.57 Å². The summed E-state index contributed by atoms with van der Waals surface area (Å²) in [4.78, 5) is 1.12. The van der Waals surface area contributed by atoms with Gasteiger partial charge in [0.2, 0.25) is 22.2 Å². The van der Waals surface area contributed by atoms with Crippen molar-refractivity contribution in [3.05, 3.63) is 83.9 Å². The fourth-order valence-electron chi connectivity index (χ4n) is 2.21. The van der Waals surface area contributed by atoms with Gasteiger partial charge < -0.3 is 0 Å². The molecule has 146 valence electrons. The second kappa shape index (κ2) is 9.61. The quantitative estimate of drug-likeness (QED) is 0.529. The van der Waals surface area contributed by atoms with E-state index in [1.165, 1.54) is 0 Å². The van der Waals surface area contributed by atoms with Crippen molar-refractivity contribution in [2.45, 2.75) is 23.6 Å². The molecule has 28 heavy (non-hydrogen) atoms. The molecule has 0 heterocycles. The van der Waals surface area contributed by atoms with Crippen LogP contribution in [0.15, 0.2) is 82.6 Å². The lowest BCUT2D eigenvalue weighted by atomic mass is 10.2. The maximum atomic E-state index is 12.2. The molecular formula is C20H20N2O4S2. The lowest BCUT2D eigenvalue weighted by Gasteiger charge is -2.09. The van der Waals surface area contributed by atoms with Crippen molar-refractivity contribution < 1.29 is 17.0 Å². The fraction of sp³-hybridized carbons (Fsp3) is 0.100. The molecule has 6 nitrogen and oxygen atoms in total. The van der Waals surface area contributed by atoms with E-state index in [0.717, 1.165) is 11.1 Å². The van der Waals surface area contributed by atoms with Crippen LogP contribution in [0.3, 0.4) is 0 Å². The molecule has 0 aliphatic rings. The first-order chi connectivity index (χ1) is 13.5. The van der Waals surface area contributed by atoms with Gasteiger partial charge in [-0.05, 0) is 56.3 Å². The summed E-state index contributed by atoms with van der Waals surface area (Å²) in [5, 5.41) is 0. The van der Waals surface area contributed by atoms with E-state index in [1.807, 2.05) is 38.1 Å². The molecule has 3 aromatic carbocycles. The van der Waals surface area contributed by atoms with Gasteiger partial charge in [-0.15, -0.1) is 0 Å². The Morgan fingerprint density at radius 3 is 1.43 bits per heavy atom. The van der Waals surface area contributed by atoms with Crippen molar-refractivity contribution in [2.75, 3.05) is 11.0 Å². The Morgan fingerprint density at radius 2 is 1.04 bits per heavy atom. The highest BCUT2D eigenvalue weighted by Crippen LogP contribution is 2.18. The smallest absolute Gasteiger partial charge is 0.212 e.